The summed E-state index contributed by atoms with van der Waals surface area (Å²) in [5, 5.41) is 16.0. The van der Waals surface area contributed by atoms with Gasteiger partial charge < -0.3 is 86.3 Å². The zero-order chi connectivity index (χ0) is 107. The molecule has 0 saturated heterocycles. The van der Waals surface area contributed by atoms with Crippen LogP contribution in [0.3, 0.4) is 0 Å². The monoisotopic (exact) mass is 2180 g/mol. The molecule has 0 spiro atoms. The van der Waals surface area contributed by atoms with Crippen molar-refractivity contribution in [2.45, 2.75) is 191 Å². The van der Waals surface area contributed by atoms with Crippen molar-refractivity contribution in [2.75, 3.05) is 106 Å². The number of hydrogen-bond donors (Lipinski definition) is 13. The van der Waals surface area contributed by atoms with Crippen molar-refractivity contribution in [1.29, 1.82) is 0 Å². The van der Waals surface area contributed by atoms with Gasteiger partial charge in [-0.25, -0.2) is 30.5 Å². The van der Waals surface area contributed by atoms with E-state index in [2.05, 4.69) is 42.2 Å². The molecule has 51 heteroatoms. The Morgan fingerprint density at radius 2 is 0.540 bits per heavy atom. The number of carbonyl (C=O) groups is 7. The maximum atomic E-state index is 13.4. The number of nitrogens with two attached hydrogens (primary N) is 1. The number of benzene rings is 6. The van der Waals surface area contributed by atoms with E-state index in [1.807, 2.05) is 182 Å². The molecule has 6 aromatic carbocycles. The van der Waals surface area contributed by atoms with E-state index in [-0.39, 0.29) is 59.6 Å². The van der Waals surface area contributed by atoms with Gasteiger partial charge in [0.1, 0.15) is 42.3 Å². The van der Waals surface area contributed by atoms with Crippen molar-refractivity contribution in [3.05, 3.63) is 215 Å². The predicted octanol–water partition coefficient (Wildman–Crippen LogP) is 17.0. The summed E-state index contributed by atoms with van der Waals surface area (Å²) in [4.78, 5) is 129. The smallest absolute Gasteiger partial charge is 0.328 e. The molecule has 0 aliphatic heterocycles. The van der Waals surface area contributed by atoms with Gasteiger partial charge in [-0.3, -0.25) is 74.6 Å². The first-order valence-electron chi connectivity index (χ1n) is 43.2. The van der Waals surface area contributed by atoms with Crippen LogP contribution in [0.4, 0.5) is 0 Å². The topological polar surface area (TPSA) is 594 Å². The summed E-state index contributed by atoms with van der Waals surface area (Å²) in [5.74, 6) is -5.90. The molecule has 0 bridgehead atoms. The lowest BCUT2D eigenvalue weighted by molar-refractivity contribution is -0.146. The van der Waals surface area contributed by atoms with Crippen LogP contribution in [-0.4, -0.2) is 220 Å². The van der Waals surface area contributed by atoms with Crippen LogP contribution in [-0.2, 0) is 165 Å². The van der Waals surface area contributed by atoms with Crippen LogP contribution >= 0.6 is 88.6 Å². The highest BCUT2D eigenvalue weighted by molar-refractivity contribution is 8.08. The zero-order valence-corrected chi connectivity index (χ0v) is 91.8. The minimum atomic E-state index is -3.64. The minimum Gasteiger partial charge on any atom is -0.465 e. The Bertz CT molecular complexity index is 4610. The fraction of sp³-hybridized carbons (Fsp3) is 0.511. The van der Waals surface area contributed by atoms with Crippen LogP contribution < -0.4 is 36.3 Å². The van der Waals surface area contributed by atoms with Gasteiger partial charge in [0.2, 0.25) is 20.7 Å². The fourth-order valence-electron chi connectivity index (χ4n) is 9.89. The van der Waals surface area contributed by atoms with Crippen LogP contribution in [0.2, 0.25) is 0 Å². The Morgan fingerprint density at radius 3 is 0.784 bits per heavy atom. The normalized spacial score (nSPS) is 14.5. The van der Waals surface area contributed by atoms with Crippen LogP contribution in [0.15, 0.2) is 182 Å². The van der Waals surface area contributed by atoms with E-state index >= 15 is 0 Å². The minimum absolute atomic E-state index is 0. The van der Waals surface area contributed by atoms with Crippen LogP contribution in [0, 0.1) is 0 Å². The number of nitrogens with one attached hydrogen (secondary N) is 6. The third kappa shape index (κ3) is 90.1. The molecule has 10 atom stereocenters. The quantitative estimate of drug-likeness (QED) is 0.00959. The van der Waals surface area contributed by atoms with Crippen molar-refractivity contribution in [2.24, 2.45) is 5.73 Å². The van der Waals surface area contributed by atoms with Crippen molar-refractivity contribution >= 4 is 130 Å². The van der Waals surface area contributed by atoms with Gasteiger partial charge in [-0.05, 0) is 151 Å². The molecular formula is C88H150Cl2N7O33P9. The number of halogens is 2. The highest BCUT2D eigenvalue weighted by Crippen LogP contribution is 2.52. The lowest BCUT2D eigenvalue weighted by Crippen LogP contribution is -2.45. The summed E-state index contributed by atoms with van der Waals surface area (Å²) < 4.78 is 155. The van der Waals surface area contributed by atoms with Crippen molar-refractivity contribution in [1.82, 2.24) is 30.5 Å². The zero-order valence-electron chi connectivity index (χ0n) is 82.2. The first kappa shape index (κ1) is 141. The molecule has 0 amide bonds. The van der Waals surface area contributed by atoms with Gasteiger partial charge in [0.15, 0.2) is 0 Å². The molecule has 0 aliphatic carbocycles. The van der Waals surface area contributed by atoms with Gasteiger partial charge in [0.05, 0.1) is 72.7 Å². The highest BCUT2D eigenvalue weighted by atomic mass is 35.9. The fourth-order valence-corrected chi connectivity index (χ4v) is 16.6. The van der Waals surface area contributed by atoms with Gasteiger partial charge in [-0.15, -0.1) is 0 Å². The van der Waals surface area contributed by atoms with Gasteiger partial charge >= 0.3 is 72.2 Å². The summed E-state index contributed by atoms with van der Waals surface area (Å²) in [6.45, 7) is 34.3. The summed E-state index contributed by atoms with van der Waals surface area (Å²) >= 11 is 9.70. The molecule has 0 heterocycles. The molecule has 40 nitrogen and oxygen atoms in total. The molecule has 794 valence electrons. The molecule has 139 heavy (non-hydrogen) atoms. The van der Waals surface area contributed by atoms with Crippen molar-refractivity contribution < 1.29 is 155 Å². The van der Waals surface area contributed by atoms with E-state index in [0.29, 0.717) is 39.3 Å². The lowest BCUT2D eigenvalue weighted by atomic mass is 10.1. The van der Waals surface area contributed by atoms with E-state index in [0.717, 1.165) is 72.6 Å². The molecule has 0 aromatic heterocycles. The second-order valence-electron chi connectivity index (χ2n) is 29.7. The van der Waals surface area contributed by atoms with Gasteiger partial charge in [-0.1, -0.05) is 209 Å². The average molecular weight is 2180 g/mol. The first-order valence-corrected chi connectivity index (χ1v) is 63.8. The van der Waals surface area contributed by atoms with Gasteiger partial charge in [0, 0.05) is 60.0 Å². The van der Waals surface area contributed by atoms with E-state index in [4.69, 9.17) is 104 Å². The Hall–Kier alpha value is -6.42. The second kappa shape index (κ2) is 77.1. The summed E-state index contributed by atoms with van der Waals surface area (Å²) in [5.41, 5.74) is 11.1. The molecule has 0 aliphatic rings. The Balaban J connectivity index is -0.000000500. The van der Waals surface area contributed by atoms with Crippen molar-refractivity contribution in [3.63, 3.8) is 0 Å². The molecule has 6 aromatic rings. The van der Waals surface area contributed by atoms with E-state index in [9.17, 15) is 74.6 Å². The van der Waals surface area contributed by atoms with E-state index < -0.39 is 144 Å². The molecule has 14 N–H and O–H groups in total. The van der Waals surface area contributed by atoms with E-state index in [1.165, 1.54) is 46.9 Å². The summed E-state index contributed by atoms with van der Waals surface area (Å²) in [6.07, 6.45) is 3.40. The van der Waals surface area contributed by atoms with E-state index in [1.54, 1.807) is 69.2 Å². The predicted molar refractivity (Wildman–Crippen MR) is 547 cm³/mol. The third-order valence-corrected chi connectivity index (χ3v) is 23.0. The maximum Gasteiger partial charge on any atom is 0.328 e. The first-order chi connectivity index (χ1) is 63.8. The molecule has 0 radical (unpaired) electrons. The molecular weight excluding hydrogens is 2030 g/mol. The number of hydrogen-bond acceptors (Lipinski definition) is 28. The Kier molecular flexibility index (Phi) is 78.2. The van der Waals surface area contributed by atoms with Crippen LogP contribution in [0.1, 0.15) is 143 Å². The number of rotatable bonds is 45. The molecule has 10 unspecified atom stereocenters. The molecule has 0 fully saturated rings. The van der Waals surface area contributed by atoms with Crippen molar-refractivity contribution in [3.8, 4) is 0 Å². The standard InChI is InChI=1S/C23H31N2O5P.C15H17O3P.C13H20NO4P.C11H23N2O5P.C8H17NO2.C8H11O3P.C6H14NO4P.CH3Cl2OP.2CH5O3P.CH4/c1-4-29-22(26)20(16-18-12-8-6-9-13-18)24-31(3,28)25-21(23(27)30-5-2)17-19-14-10-7-11-15-19;1-19(16,17-12-14-8-4-2-5-9-14)18-13-15-10-6-3-7-11-15;1-4-17-13(15)11(2)14-19(3,16)18-10-12-8-6-5-7-9-12;1-6-17-10(14)8(3)12-19(5,16)13-9(4)11(15)18-7-2;1-3-5-6-7(9)8(10)11-4-2;1-12(9,10)11-7-8-5-3-2-4-6-8;1-4-11-6(8)5(2)7-12(3,9)10;3*1-5(2,3)4;/h6-15,20-21H,4-5,16-17H2,1-3H3,(H2,24,25,28);2-11H,12-13H2,1H3;5-9,11H,4,10H2,1-3H3,(H,14,16);8-9H,6-7H2,1-5H3,(H2,12,13,16);7H,3-6,9H2,1-2H3;2-6H,7H2,1H3,(H,9,10);5H,4H2,1-3H3,(H2,7,9,10);1H3;2*1H3,(H2,2,3,4);1H4. The summed E-state index contributed by atoms with van der Waals surface area (Å²) in [6, 6.07) is 51.9. The second-order valence-corrected chi connectivity index (χ2v) is 51.8. The lowest BCUT2D eigenvalue weighted by Gasteiger charge is -2.26. The maximum absolute atomic E-state index is 13.4. The highest BCUT2D eigenvalue weighted by Gasteiger charge is 2.34. The van der Waals surface area contributed by atoms with Crippen LogP contribution in [0.25, 0.3) is 0 Å². The summed E-state index contributed by atoms with van der Waals surface area (Å²) in [7, 11) is -26.4. The number of ether oxygens (including phenoxy) is 7. The largest absolute Gasteiger partial charge is 0.465 e. The number of esters is 7. The Labute approximate surface area is 830 Å². The number of carbonyl (C=O) groups excluding carboxylic acids is 7. The van der Waals surface area contributed by atoms with Crippen LogP contribution in [0.5, 0.6) is 0 Å². The van der Waals surface area contributed by atoms with Gasteiger partial charge in [0.25, 0.3) is 15.0 Å². The van der Waals surface area contributed by atoms with Gasteiger partial charge in [-0.2, -0.15) is 0 Å². The SMILES string of the molecule is C.CCCCC(N)C(=O)OCC.CCOC(=O)C(C)NP(C)(=O)NC(C)C(=O)OCC.CCOC(=O)C(C)NP(C)(=O)O.CCOC(=O)C(C)NP(C)(=O)OCc1ccccc1.CCOC(=O)C(Cc1ccccc1)NP(C)(=O)NC(Cc1ccccc1)C(=O)OCC.CP(=O)(Cl)Cl.CP(=O)(O)O.CP(=O)(O)O.CP(=O)(O)OCc1ccccc1.CP(=O)(OCc1ccccc1)OCc1ccccc1. The average Bonchev–Trinajstić information content (AvgIpc) is 0.836. The Morgan fingerprint density at radius 1 is 0.324 bits per heavy atom. The number of unbranched alkanes of at least 4 members (excludes halogenated alkanes) is 1. The molecule has 0 saturated carbocycles. The third-order valence-electron chi connectivity index (χ3n) is 15.5. The molecule has 6 rings (SSSR count).